The van der Waals surface area contributed by atoms with Gasteiger partial charge in [0.15, 0.2) is 11.6 Å². The molecule has 0 bridgehead atoms. The number of nitrogens with one attached hydrogen (secondary N) is 2. The number of sulfonamides is 1. The van der Waals surface area contributed by atoms with Crippen LogP contribution in [0.4, 0.5) is 5.82 Å². The minimum absolute atomic E-state index is 0.0515. The van der Waals surface area contributed by atoms with E-state index in [0.29, 0.717) is 24.1 Å². The zero-order valence-corrected chi connectivity index (χ0v) is 20.4. The van der Waals surface area contributed by atoms with Crippen LogP contribution in [0.2, 0.25) is 0 Å². The Morgan fingerprint density at radius 3 is 2.50 bits per heavy atom. The number of aromatic nitrogens is 1. The van der Waals surface area contributed by atoms with E-state index in [-0.39, 0.29) is 22.3 Å². The molecule has 1 aromatic heterocycles. The molecule has 0 unspecified atom stereocenters. The van der Waals surface area contributed by atoms with Crippen LogP contribution in [0.1, 0.15) is 68.1 Å². The Bertz CT molecular complexity index is 1090. The minimum Gasteiger partial charge on any atom is -0.495 e. The maximum Gasteiger partial charge on any atom is 0.256 e. The van der Waals surface area contributed by atoms with Gasteiger partial charge in [0.1, 0.15) is 10.6 Å². The lowest BCUT2D eigenvalue weighted by Crippen LogP contribution is -2.33. The molecular formula is C25H33N3O5S. The summed E-state index contributed by atoms with van der Waals surface area (Å²) in [7, 11) is -2.43. The van der Waals surface area contributed by atoms with Crippen molar-refractivity contribution in [3.63, 3.8) is 0 Å². The number of carbonyl (C=O) groups excluding carboxylic acids is 1. The molecule has 2 fully saturated rings. The Labute approximate surface area is 201 Å². The summed E-state index contributed by atoms with van der Waals surface area (Å²) >= 11 is 0. The van der Waals surface area contributed by atoms with Crippen LogP contribution in [-0.4, -0.2) is 39.1 Å². The number of ether oxygens (including phenoxy) is 2. The van der Waals surface area contributed by atoms with Crippen molar-refractivity contribution in [3.8, 4) is 11.5 Å². The molecule has 2 aliphatic carbocycles. The van der Waals surface area contributed by atoms with E-state index < -0.39 is 15.9 Å². The third-order valence-electron chi connectivity index (χ3n) is 6.59. The standard InChI is InChI=1S/C25H33N3O5S/c1-32-21-14-13-19(16-23(21)34(30,31)28-20-10-5-6-11-20)25(29)27-24-22(12-7-15-26-24)33-17-18-8-3-2-4-9-18/h7,12-16,18,20,28H,2-6,8-11,17H2,1H3,(H,26,27,29). The lowest BCUT2D eigenvalue weighted by Gasteiger charge is -2.22. The number of hydrogen-bond donors (Lipinski definition) is 2. The molecule has 2 saturated carbocycles. The Morgan fingerprint density at radius 2 is 1.76 bits per heavy atom. The number of anilines is 1. The van der Waals surface area contributed by atoms with E-state index in [1.807, 2.05) is 0 Å². The number of carbonyl (C=O) groups is 1. The molecule has 184 valence electrons. The van der Waals surface area contributed by atoms with Crippen molar-refractivity contribution in [2.24, 2.45) is 5.92 Å². The molecule has 0 atom stereocenters. The smallest absolute Gasteiger partial charge is 0.256 e. The van der Waals surface area contributed by atoms with Crippen molar-refractivity contribution in [3.05, 3.63) is 42.1 Å². The fraction of sp³-hybridized carbons (Fsp3) is 0.520. The molecule has 2 aromatic rings. The number of amides is 1. The predicted molar refractivity (Wildman–Crippen MR) is 130 cm³/mol. The number of methoxy groups -OCH3 is 1. The molecule has 0 spiro atoms. The summed E-state index contributed by atoms with van der Waals surface area (Å²) in [5.41, 5.74) is 0.191. The van der Waals surface area contributed by atoms with Crippen LogP contribution in [0, 0.1) is 5.92 Å². The highest BCUT2D eigenvalue weighted by molar-refractivity contribution is 7.89. The van der Waals surface area contributed by atoms with Gasteiger partial charge in [0.05, 0.1) is 13.7 Å². The van der Waals surface area contributed by atoms with Crippen molar-refractivity contribution in [1.82, 2.24) is 9.71 Å². The molecule has 4 rings (SSSR count). The maximum absolute atomic E-state index is 13.0. The fourth-order valence-corrected chi connectivity index (χ4v) is 6.20. The SMILES string of the molecule is COc1ccc(C(=O)Nc2ncccc2OCC2CCCCC2)cc1S(=O)(=O)NC1CCCC1. The molecule has 1 heterocycles. The monoisotopic (exact) mass is 487 g/mol. The summed E-state index contributed by atoms with van der Waals surface area (Å²) in [4.78, 5) is 17.3. The van der Waals surface area contributed by atoms with Crippen LogP contribution >= 0.6 is 0 Å². The molecule has 9 heteroatoms. The number of benzene rings is 1. The zero-order chi connectivity index (χ0) is 24.0. The summed E-state index contributed by atoms with van der Waals surface area (Å²) in [6, 6.07) is 7.83. The van der Waals surface area contributed by atoms with Crippen LogP contribution in [0.25, 0.3) is 0 Å². The summed E-state index contributed by atoms with van der Waals surface area (Å²) in [6.07, 6.45) is 11.2. The largest absolute Gasteiger partial charge is 0.495 e. The number of hydrogen-bond acceptors (Lipinski definition) is 6. The summed E-state index contributed by atoms with van der Waals surface area (Å²) in [5.74, 6) is 1.05. The fourth-order valence-electron chi connectivity index (χ4n) is 4.70. The molecule has 0 radical (unpaired) electrons. The van der Waals surface area contributed by atoms with Crippen LogP contribution in [0.5, 0.6) is 11.5 Å². The third kappa shape index (κ3) is 6.07. The molecule has 1 amide bonds. The van der Waals surface area contributed by atoms with E-state index in [4.69, 9.17) is 9.47 Å². The number of pyridine rings is 1. The second kappa shape index (κ2) is 11.2. The van der Waals surface area contributed by atoms with Crippen LogP contribution in [0.15, 0.2) is 41.4 Å². The second-order valence-electron chi connectivity index (χ2n) is 9.09. The van der Waals surface area contributed by atoms with Gasteiger partial charge in [0.25, 0.3) is 5.91 Å². The molecule has 2 aliphatic rings. The number of nitrogens with zero attached hydrogens (tertiary/aromatic N) is 1. The first-order valence-electron chi connectivity index (χ1n) is 12.1. The maximum atomic E-state index is 13.0. The lowest BCUT2D eigenvalue weighted by molar-refractivity contribution is 0.102. The average Bonchev–Trinajstić information content (AvgIpc) is 3.36. The van der Waals surface area contributed by atoms with E-state index >= 15 is 0 Å². The van der Waals surface area contributed by atoms with Crippen molar-refractivity contribution in [1.29, 1.82) is 0 Å². The molecule has 0 saturated heterocycles. The summed E-state index contributed by atoms with van der Waals surface area (Å²) in [6.45, 7) is 0.590. The normalized spacial score (nSPS) is 17.4. The highest BCUT2D eigenvalue weighted by Gasteiger charge is 2.27. The number of rotatable bonds is 9. The van der Waals surface area contributed by atoms with Gasteiger partial charge in [-0.15, -0.1) is 0 Å². The van der Waals surface area contributed by atoms with Crippen molar-refractivity contribution in [2.45, 2.75) is 68.7 Å². The molecule has 0 aliphatic heterocycles. The highest BCUT2D eigenvalue weighted by Crippen LogP contribution is 2.29. The Morgan fingerprint density at radius 1 is 1.03 bits per heavy atom. The zero-order valence-electron chi connectivity index (χ0n) is 19.6. The van der Waals surface area contributed by atoms with Gasteiger partial charge in [-0.25, -0.2) is 18.1 Å². The second-order valence-corrected chi connectivity index (χ2v) is 10.8. The van der Waals surface area contributed by atoms with Crippen molar-refractivity contribution < 1.29 is 22.7 Å². The van der Waals surface area contributed by atoms with Crippen LogP contribution < -0.4 is 19.5 Å². The van der Waals surface area contributed by atoms with E-state index in [9.17, 15) is 13.2 Å². The van der Waals surface area contributed by atoms with Gasteiger partial charge in [-0.05, 0) is 61.9 Å². The van der Waals surface area contributed by atoms with E-state index in [2.05, 4.69) is 15.0 Å². The molecular weight excluding hydrogens is 454 g/mol. The van der Waals surface area contributed by atoms with Gasteiger partial charge in [0, 0.05) is 17.8 Å². The average molecular weight is 488 g/mol. The topological polar surface area (TPSA) is 107 Å². The summed E-state index contributed by atoms with van der Waals surface area (Å²) in [5, 5.41) is 2.77. The van der Waals surface area contributed by atoms with Crippen LogP contribution in [0.3, 0.4) is 0 Å². The van der Waals surface area contributed by atoms with Gasteiger partial charge in [-0.1, -0.05) is 32.1 Å². The van der Waals surface area contributed by atoms with Crippen molar-refractivity contribution in [2.75, 3.05) is 19.0 Å². The van der Waals surface area contributed by atoms with Crippen LogP contribution in [-0.2, 0) is 10.0 Å². The molecule has 34 heavy (non-hydrogen) atoms. The van der Waals surface area contributed by atoms with E-state index in [1.165, 1.54) is 44.6 Å². The molecule has 8 nitrogen and oxygen atoms in total. The summed E-state index contributed by atoms with van der Waals surface area (Å²) < 4.78 is 40.1. The van der Waals surface area contributed by atoms with E-state index in [0.717, 1.165) is 38.5 Å². The highest BCUT2D eigenvalue weighted by atomic mass is 32.2. The lowest BCUT2D eigenvalue weighted by atomic mass is 9.90. The van der Waals surface area contributed by atoms with Gasteiger partial charge >= 0.3 is 0 Å². The predicted octanol–water partition coefficient (Wildman–Crippen LogP) is 4.52. The third-order valence-corrected chi connectivity index (χ3v) is 8.14. The first-order chi connectivity index (χ1) is 16.5. The van der Waals surface area contributed by atoms with Gasteiger partial charge in [-0.2, -0.15) is 0 Å². The minimum atomic E-state index is -3.84. The Balaban J connectivity index is 1.49. The first kappa shape index (κ1) is 24.5. The molecule has 1 aromatic carbocycles. The quantitative estimate of drug-likeness (QED) is 0.539. The molecule has 2 N–H and O–H groups in total. The van der Waals surface area contributed by atoms with Crippen molar-refractivity contribution >= 4 is 21.7 Å². The van der Waals surface area contributed by atoms with Gasteiger partial charge < -0.3 is 14.8 Å². The van der Waals surface area contributed by atoms with E-state index in [1.54, 1.807) is 18.3 Å². The van der Waals surface area contributed by atoms with Gasteiger partial charge in [0.2, 0.25) is 10.0 Å². The van der Waals surface area contributed by atoms with Gasteiger partial charge in [-0.3, -0.25) is 4.79 Å². The Hall–Kier alpha value is -2.65. The Kier molecular flexibility index (Phi) is 8.05. The first-order valence-corrected chi connectivity index (χ1v) is 13.5.